The van der Waals surface area contributed by atoms with E-state index in [4.69, 9.17) is 14.2 Å². The molecule has 3 N–H and O–H groups in total. The van der Waals surface area contributed by atoms with Crippen LogP contribution >= 0.6 is 11.7 Å². The Labute approximate surface area is 270 Å². The predicted molar refractivity (Wildman–Crippen MR) is 173 cm³/mol. The number of imidazole rings is 2. The van der Waals surface area contributed by atoms with Crippen molar-refractivity contribution in [3.8, 4) is 11.5 Å². The highest BCUT2D eigenvalue weighted by molar-refractivity contribution is 7.00. The van der Waals surface area contributed by atoms with Crippen LogP contribution in [0.4, 0.5) is 0 Å². The first-order valence-corrected chi connectivity index (χ1v) is 15.3. The number of aromatic amines is 2. The van der Waals surface area contributed by atoms with E-state index in [1.807, 2.05) is 30.3 Å². The lowest BCUT2D eigenvalue weighted by molar-refractivity contribution is -0.185. The van der Waals surface area contributed by atoms with Crippen LogP contribution < -0.4 is 9.47 Å². The lowest BCUT2D eigenvalue weighted by atomic mass is 9.87. The smallest absolute Gasteiger partial charge is 0.342 e. The molecule has 2 aliphatic rings. The normalized spacial score (nSPS) is 17.2. The number of aliphatic hydroxyl groups is 1. The third kappa shape index (κ3) is 5.16. The number of ether oxygens (including phenoxy) is 3. The van der Waals surface area contributed by atoms with Crippen LogP contribution in [0.25, 0.3) is 38.7 Å². The zero-order chi connectivity index (χ0) is 32.0. The highest BCUT2D eigenvalue weighted by atomic mass is 32.1. The molecule has 5 heterocycles. The zero-order valence-electron chi connectivity index (χ0n) is 24.5. The summed E-state index contributed by atoms with van der Waals surface area (Å²) in [7, 11) is 0. The lowest BCUT2D eigenvalue weighted by Gasteiger charge is -2.27. The number of hydrogen-bond acceptors (Lipinski definition) is 11. The van der Waals surface area contributed by atoms with E-state index in [1.54, 1.807) is 55.1 Å². The molecule has 13 heteroatoms. The Morgan fingerprint density at radius 1 is 0.809 bits per heavy atom. The summed E-state index contributed by atoms with van der Waals surface area (Å²) in [6.45, 7) is 0.846. The van der Waals surface area contributed by atoms with Gasteiger partial charge in [-0.3, -0.25) is 4.79 Å². The standard InChI is InChI=1S/C26H18N4O5S.C8H6N2O/c31-25-24(15-2-5-19-21(11-15)30-36-29-19)17(9-14-1-4-18-20(10-14)28-13-27-18)26(32,35-25)16-3-6-22-23(12-16)34-8-7-33-22;11-4-6-1-2-7-8(3-6)10-5-9-7/h1-6,10-13,32H,7-9H2,(H,27,28);1-5H,(H,9,10). The van der Waals surface area contributed by atoms with E-state index < -0.39 is 11.8 Å². The quantitative estimate of drug-likeness (QED) is 0.169. The number of hydrogen-bond donors (Lipinski definition) is 3. The average Bonchev–Trinajstić information content (AvgIpc) is 3.91. The molecule has 1 unspecified atom stereocenters. The Hall–Kier alpha value is -5.92. The van der Waals surface area contributed by atoms with Gasteiger partial charge in [-0.15, -0.1) is 0 Å². The van der Waals surface area contributed by atoms with Gasteiger partial charge < -0.3 is 29.3 Å². The number of nitrogens with zero attached hydrogens (tertiary/aromatic N) is 4. The third-order valence-electron chi connectivity index (χ3n) is 8.08. The number of nitrogens with one attached hydrogen (secondary N) is 2. The van der Waals surface area contributed by atoms with Crippen LogP contribution in [-0.2, 0) is 21.7 Å². The first-order valence-electron chi connectivity index (χ1n) is 14.6. The van der Waals surface area contributed by atoms with Crippen LogP contribution in [0, 0.1) is 0 Å². The Bertz CT molecular complexity index is 2360. The Morgan fingerprint density at radius 2 is 1.55 bits per heavy atom. The molecule has 0 amide bonds. The predicted octanol–water partition coefficient (Wildman–Crippen LogP) is 5.11. The molecular weight excluding hydrogens is 620 g/mol. The van der Waals surface area contributed by atoms with Crippen LogP contribution in [0.5, 0.6) is 11.5 Å². The van der Waals surface area contributed by atoms with Crippen molar-refractivity contribution in [2.45, 2.75) is 12.2 Å². The number of carbonyl (C=O) groups excluding carboxylic acids is 2. The van der Waals surface area contributed by atoms with Gasteiger partial charge in [-0.25, -0.2) is 14.8 Å². The van der Waals surface area contributed by atoms with Gasteiger partial charge in [0, 0.05) is 23.1 Å². The Morgan fingerprint density at radius 3 is 2.36 bits per heavy atom. The maximum Gasteiger partial charge on any atom is 0.342 e. The first kappa shape index (κ1) is 28.5. The average molecular weight is 645 g/mol. The van der Waals surface area contributed by atoms with E-state index in [0.29, 0.717) is 58.1 Å². The summed E-state index contributed by atoms with van der Waals surface area (Å²) < 4.78 is 25.6. The van der Waals surface area contributed by atoms with Crippen LogP contribution in [0.15, 0.2) is 91.0 Å². The van der Waals surface area contributed by atoms with Crippen molar-refractivity contribution in [2.75, 3.05) is 13.2 Å². The van der Waals surface area contributed by atoms with Crippen LogP contribution in [0.3, 0.4) is 0 Å². The molecule has 2 aliphatic heterocycles. The highest BCUT2D eigenvalue weighted by Gasteiger charge is 2.48. The van der Waals surface area contributed by atoms with Crippen molar-refractivity contribution < 1.29 is 28.9 Å². The second-order valence-electron chi connectivity index (χ2n) is 10.9. The van der Waals surface area contributed by atoms with Gasteiger partial charge in [-0.05, 0) is 71.8 Å². The number of esters is 1. The van der Waals surface area contributed by atoms with Crippen LogP contribution in [0.1, 0.15) is 27.0 Å². The minimum absolute atomic E-state index is 0.252. The van der Waals surface area contributed by atoms with E-state index in [2.05, 4.69) is 28.7 Å². The minimum Gasteiger partial charge on any atom is -0.486 e. The van der Waals surface area contributed by atoms with Crippen molar-refractivity contribution in [1.29, 1.82) is 0 Å². The number of aldehydes is 1. The van der Waals surface area contributed by atoms with Crippen molar-refractivity contribution in [3.05, 3.63) is 113 Å². The van der Waals surface area contributed by atoms with E-state index >= 15 is 0 Å². The Balaban J connectivity index is 0.000000249. The van der Waals surface area contributed by atoms with Gasteiger partial charge in [0.05, 0.1) is 52.0 Å². The fourth-order valence-electron chi connectivity index (χ4n) is 5.78. The maximum atomic E-state index is 13.4. The number of fused-ring (bicyclic) bond motifs is 4. The van der Waals surface area contributed by atoms with Crippen molar-refractivity contribution in [3.63, 3.8) is 0 Å². The first-order chi connectivity index (χ1) is 23.0. The van der Waals surface area contributed by atoms with Crippen molar-refractivity contribution in [2.24, 2.45) is 0 Å². The minimum atomic E-state index is -2.00. The summed E-state index contributed by atoms with van der Waals surface area (Å²) in [6, 6.07) is 21.6. The van der Waals surface area contributed by atoms with Gasteiger partial charge in [0.15, 0.2) is 11.5 Å². The van der Waals surface area contributed by atoms with E-state index in [1.165, 1.54) is 0 Å². The largest absolute Gasteiger partial charge is 0.486 e. The summed E-state index contributed by atoms with van der Waals surface area (Å²) in [6.07, 6.45) is 4.31. The lowest BCUT2D eigenvalue weighted by Crippen LogP contribution is -2.30. The number of cyclic esters (lactones) is 1. The summed E-state index contributed by atoms with van der Waals surface area (Å²) in [5, 5.41) is 12.0. The molecule has 0 spiro atoms. The molecule has 0 radical (unpaired) electrons. The Kier molecular flexibility index (Phi) is 6.96. The maximum absolute atomic E-state index is 13.4. The van der Waals surface area contributed by atoms with Gasteiger partial charge in [-0.1, -0.05) is 12.1 Å². The van der Waals surface area contributed by atoms with Gasteiger partial charge >= 0.3 is 5.97 Å². The fourth-order valence-corrected chi connectivity index (χ4v) is 6.30. The van der Waals surface area contributed by atoms with Crippen LogP contribution in [0.2, 0.25) is 0 Å². The molecule has 7 aromatic rings. The molecule has 0 saturated carbocycles. The van der Waals surface area contributed by atoms with E-state index in [9.17, 15) is 14.7 Å². The van der Waals surface area contributed by atoms with Crippen LogP contribution in [-0.4, -0.2) is 59.3 Å². The molecular formula is C34H24N6O6S. The number of aromatic nitrogens is 6. The molecule has 3 aromatic heterocycles. The molecule has 0 fully saturated rings. The molecule has 0 saturated heterocycles. The molecule has 1 atom stereocenters. The zero-order valence-corrected chi connectivity index (χ0v) is 25.3. The number of carbonyl (C=O) groups is 2. The molecule has 12 nitrogen and oxygen atoms in total. The molecule has 0 bridgehead atoms. The fraction of sp³-hybridized carbons (Fsp3) is 0.118. The van der Waals surface area contributed by atoms with Gasteiger partial charge in [0.1, 0.15) is 30.5 Å². The second kappa shape index (κ2) is 11.5. The number of benzene rings is 4. The topological polar surface area (TPSA) is 165 Å². The molecule has 4 aromatic carbocycles. The van der Waals surface area contributed by atoms with Crippen molar-refractivity contribution >= 4 is 62.7 Å². The number of rotatable bonds is 5. The number of H-pyrrole nitrogens is 2. The molecule has 232 valence electrons. The monoisotopic (exact) mass is 644 g/mol. The summed E-state index contributed by atoms with van der Waals surface area (Å²) in [5.41, 5.74) is 8.10. The summed E-state index contributed by atoms with van der Waals surface area (Å²) in [5.74, 6) is -1.55. The highest BCUT2D eigenvalue weighted by Crippen LogP contribution is 2.47. The molecule has 0 aliphatic carbocycles. The SMILES string of the molecule is O=C1OC(O)(c2ccc3c(c2)OCCO3)C(Cc2ccc3[nH]cnc3c2)=C1c1ccc2nsnc2c1.O=Cc1ccc2[nH]cnc2c1. The van der Waals surface area contributed by atoms with E-state index in [-0.39, 0.29) is 6.42 Å². The molecule has 47 heavy (non-hydrogen) atoms. The van der Waals surface area contributed by atoms with Gasteiger partial charge in [0.2, 0.25) is 0 Å². The third-order valence-corrected chi connectivity index (χ3v) is 8.64. The van der Waals surface area contributed by atoms with Gasteiger partial charge in [0.25, 0.3) is 5.79 Å². The second-order valence-corrected chi connectivity index (χ2v) is 11.5. The summed E-state index contributed by atoms with van der Waals surface area (Å²) in [4.78, 5) is 38.1. The summed E-state index contributed by atoms with van der Waals surface area (Å²) >= 11 is 1.10. The van der Waals surface area contributed by atoms with Crippen molar-refractivity contribution in [1.82, 2.24) is 28.7 Å². The van der Waals surface area contributed by atoms with Gasteiger partial charge in [-0.2, -0.15) is 8.75 Å². The van der Waals surface area contributed by atoms with E-state index in [0.717, 1.165) is 51.2 Å². The molecule has 9 rings (SSSR count).